The maximum atomic E-state index is 12.2. The van der Waals surface area contributed by atoms with Crippen LogP contribution >= 0.6 is 11.3 Å². The summed E-state index contributed by atoms with van der Waals surface area (Å²) in [5, 5.41) is 1.90. The van der Waals surface area contributed by atoms with Crippen LogP contribution in [-0.2, 0) is 15.6 Å². The first kappa shape index (κ1) is 12.2. The number of hydrogen-bond acceptors (Lipinski definition) is 5. The summed E-state index contributed by atoms with van der Waals surface area (Å²) in [5.41, 5.74) is 6.64. The number of hydrogen-bond donors (Lipinski definition) is 1. The van der Waals surface area contributed by atoms with Gasteiger partial charge in [0.25, 0.3) is 0 Å². The van der Waals surface area contributed by atoms with Crippen molar-refractivity contribution in [3.05, 3.63) is 47.7 Å². The summed E-state index contributed by atoms with van der Waals surface area (Å²) in [4.78, 5) is 5.33. The highest BCUT2D eigenvalue weighted by molar-refractivity contribution is 7.90. The molecule has 2 aromatic heterocycles. The number of benzene rings is 1. The van der Waals surface area contributed by atoms with Crippen molar-refractivity contribution in [2.45, 2.75) is 10.6 Å². The monoisotopic (exact) mass is 293 g/mol. The van der Waals surface area contributed by atoms with Gasteiger partial charge in [-0.05, 0) is 24.3 Å². The second-order valence-electron chi connectivity index (χ2n) is 4.15. The lowest BCUT2D eigenvalue weighted by molar-refractivity contribution is 0.595. The molecule has 2 N–H and O–H groups in total. The van der Waals surface area contributed by atoms with E-state index < -0.39 is 9.84 Å². The second-order valence-corrected chi connectivity index (χ2v) is 7.02. The summed E-state index contributed by atoms with van der Waals surface area (Å²) in [5.74, 6) is -0.106. The first-order valence-electron chi connectivity index (χ1n) is 5.54. The van der Waals surface area contributed by atoms with Crippen LogP contribution in [0, 0.1) is 0 Å². The maximum absolute atomic E-state index is 12.2. The first-order chi connectivity index (χ1) is 9.04. The van der Waals surface area contributed by atoms with Gasteiger partial charge in [-0.25, -0.2) is 13.4 Å². The molecule has 3 aromatic rings. The minimum atomic E-state index is -3.38. The van der Waals surface area contributed by atoms with Gasteiger partial charge in [0.2, 0.25) is 0 Å². The zero-order valence-corrected chi connectivity index (χ0v) is 11.5. The Morgan fingerprint density at radius 3 is 2.68 bits per heavy atom. The van der Waals surface area contributed by atoms with Crippen molar-refractivity contribution in [2.24, 2.45) is 0 Å². The lowest BCUT2D eigenvalue weighted by Gasteiger charge is -2.02. The van der Waals surface area contributed by atoms with Crippen LogP contribution in [-0.4, -0.2) is 17.8 Å². The van der Waals surface area contributed by atoms with E-state index in [0.29, 0.717) is 11.4 Å². The van der Waals surface area contributed by atoms with Crippen molar-refractivity contribution in [1.29, 1.82) is 0 Å². The number of anilines is 1. The molecule has 2 heterocycles. The van der Waals surface area contributed by atoms with Gasteiger partial charge in [0.05, 0.1) is 16.3 Å². The van der Waals surface area contributed by atoms with Gasteiger partial charge >= 0.3 is 0 Å². The summed E-state index contributed by atoms with van der Waals surface area (Å²) >= 11 is 1.47. The number of nitrogens with two attached hydrogens (primary N) is 1. The fourth-order valence-electron chi connectivity index (χ4n) is 1.80. The van der Waals surface area contributed by atoms with Crippen molar-refractivity contribution in [3.8, 4) is 0 Å². The van der Waals surface area contributed by atoms with Crippen molar-refractivity contribution in [3.63, 3.8) is 0 Å². The third-order valence-corrected chi connectivity index (χ3v) is 5.16. The standard InChI is InChI=1S/C12H11N3O2S2/c13-9-1-3-11(4-2-9)19(16,17)8-10-7-15-5-6-18-12(15)14-10/h1-7H,8,13H2. The molecule has 3 rings (SSSR count). The summed E-state index contributed by atoms with van der Waals surface area (Å²) in [6.07, 6.45) is 3.59. The van der Waals surface area contributed by atoms with E-state index >= 15 is 0 Å². The lowest BCUT2D eigenvalue weighted by atomic mass is 10.3. The SMILES string of the molecule is Nc1ccc(S(=O)(=O)Cc2cn3ccsc3n2)cc1. The molecule has 5 nitrogen and oxygen atoms in total. The molecule has 0 aliphatic heterocycles. The van der Waals surface area contributed by atoms with Gasteiger partial charge < -0.3 is 5.73 Å². The smallest absolute Gasteiger partial charge is 0.193 e. The number of sulfone groups is 1. The Morgan fingerprint density at radius 2 is 2.00 bits per heavy atom. The molecule has 0 atom stereocenters. The normalized spacial score (nSPS) is 12.0. The number of rotatable bonds is 3. The molecule has 1 aromatic carbocycles. The van der Waals surface area contributed by atoms with E-state index in [-0.39, 0.29) is 10.6 Å². The number of imidazole rings is 1. The molecule has 0 unspecified atom stereocenters. The van der Waals surface area contributed by atoms with Gasteiger partial charge in [0.1, 0.15) is 0 Å². The minimum Gasteiger partial charge on any atom is -0.399 e. The van der Waals surface area contributed by atoms with Gasteiger partial charge in [-0.15, -0.1) is 11.3 Å². The molecule has 0 spiro atoms. The van der Waals surface area contributed by atoms with Crippen molar-refractivity contribution >= 4 is 31.8 Å². The highest BCUT2D eigenvalue weighted by atomic mass is 32.2. The number of fused-ring (bicyclic) bond motifs is 1. The minimum absolute atomic E-state index is 0.106. The van der Waals surface area contributed by atoms with E-state index in [9.17, 15) is 8.42 Å². The van der Waals surface area contributed by atoms with Crippen LogP contribution in [0.3, 0.4) is 0 Å². The van der Waals surface area contributed by atoms with Crippen molar-refractivity contribution < 1.29 is 8.42 Å². The van der Waals surface area contributed by atoms with Crippen molar-refractivity contribution in [1.82, 2.24) is 9.38 Å². The summed E-state index contributed by atoms with van der Waals surface area (Å²) in [6.45, 7) is 0. The Hall–Kier alpha value is -1.86. The number of aromatic nitrogens is 2. The molecule has 7 heteroatoms. The highest BCUT2D eigenvalue weighted by Gasteiger charge is 2.17. The lowest BCUT2D eigenvalue weighted by Crippen LogP contribution is -2.05. The van der Waals surface area contributed by atoms with E-state index in [1.807, 2.05) is 16.0 Å². The Bertz CT molecular complexity index is 788. The first-order valence-corrected chi connectivity index (χ1v) is 8.07. The maximum Gasteiger partial charge on any atom is 0.193 e. The molecular weight excluding hydrogens is 282 g/mol. The van der Waals surface area contributed by atoms with Crippen LogP contribution < -0.4 is 5.73 Å². The van der Waals surface area contributed by atoms with Gasteiger partial charge in [-0.3, -0.25) is 4.40 Å². The molecule has 0 aliphatic carbocycles. The molecule has 0 aliphatic rings. The second kappa shape index (κ2) is 4.36. The molecule has 0 amide bonds. The highest BCUT2D eigenvalue weighted by Crippen LogP contribution is 2.19. The fourth-order valence-corrected chi connectivity index (χ4v) is 3.76. The van der Waals surface area contributed by atoms with Crippen LogP contribution in [0.1, 0.15) is 5.69 Å². The summed E-state index contributed by atoms with van der Waals surface area (Å²) in [6, 6.07) is 6.20. The zero-order valence-electron chi connectivity index (χ0n) is 9.85. The topological polar surface area (TPSA) is 77.5 Å². The van der Waals surface area contributed by atoms with E-state index in [1.165, 1.54) is 23.5 Å². The largest absolute Gasteiger partial charge is 0.399 e. The molecule has 0 saturated heterocycles. The van der Waals surface area contributed by atoms with Crippen LogP contribution in [0.15, 0.2) is 46.9 Å². The van der Waals surface area contributed by atoms with Gasteiger partial charge in [-0.2, -0.15) is 0 Å². The van der Waals surface area contributed by atoms with Crippen LogP contribution in [0.25, 0.3) is 4.96 Å². The van der Waals surface area contributed by atoms with Gasteiger partial charge in [-0.1, -0.05) is 0 Å². The molecule has 0 saturated carbocycles. The predicted molar refractivity (Wildman–Crippen MR) is 74.8 cm³/mol. The predicted octanol–water partition coefficient (Wildman–Crippen LogP) is 1.95. The summed E-state index contributed by atoms with van der Waals surface area (Å²) in [7, 11) is -3.38. The van der Waals surface area contributed by atoms with Crippen LogP contribution in [0.2, 0.25) is 0 Å². The summed E-state index contributed by atoms with van der Waals surface area (Å²) < 4.78 is 26.3. The average molecular weight is 293 g/mol. The van der Waals surface area contributed by atoms with E-state index in [2.05, 4.69) is 4.98 Å². The van der Waals surface area contributed by atoms with Gasteiger partial charge in [0.15, 0.2) is 14.8 Å². The molecular formula is C12H11N3O2S2. The van der Waals surface area contributed by atoms with Gasteiger partial charge in [0, 0.05) is 23.5 Å². The zero-order chi connectivity index (χ0) is 13.5. The Kier molecular flexibility index (Phi) is 2.79. The number of nitrogens with zero attached hydrogens (tertiary/aromatic N) is 2. The Balaban J connectivity index is 1.93. The molecule has 0 fully saturated rings. The Labute approximate surface area is 114 Å². The van der Waals surface area contributed by atoms with Crippen molar-refractivity contribution in [2.75, 3.05) is 5.73 Å². The average Bonchev–Trinajstić information content (AvgIpc) is 2.89. The van der Waals surface area contributed by atoms with Crippen LogP contribution in [0.5, 0.6) is 0 Å². The third-order valence-electron chi connectivity index (χ3n) is 2.72. The molecule has 0 radical (unpaired) electrons. The fraction of sp³-hybridized carbons (Fsp3) is 0.0833. The van der Waals surface area contributed by atoms with E-state index in [1.54, 1.807) is 18.3 Å². The number of thiazole rings is 1. The quantitative estimate of drug-likeness (QED) is 0.749. The Morgan fingerprint density at radius 1 is 1.26 bits per heavy atom. The van der Waals surface area contributed by atoms with E-state index in [0.717, 1.165) is 4.96 Å². The molecule has 19 heavy (non-hydrogen) atoms. The number of nitrogen functional groups attached to an aromatic ring is 1. The molecule has 98 valence electrons. The molecule has 0 bridgehead atoms. The van der Waals surface area contributed by atoms with E-state index in [4.69, 9.17) is 5.73 Å². The third kappa shape index (κ3) is 2.34. The van der Waals surface area contributed by atoms with Crippen LogP contribution in [0.4, 0.5) is 5.69 Å².